The normalized spacial score (nSPS) is 15.7. The first-order valence-electron chi connectivity index (χ1n) is 13.1. The molecule has 1 aliphatic heterocycles. The number of hydrogen-bond donors (Lipinski definition) is 1. The Kier molecular flexibility index (Phi) is 7.85. The van der Waals surface area contributed by atoms with Crippen molar-refractivity contribution in [2.45, 2.75) is 26.5 Å². The molecule has 0 radical (unpaired) electrons. The summed E-state index contributed by atoms with van der Waals surface area (Å²) >= 11 is 0. The zero-order chi connectivity index (χ0) is 29.8. The highest BCUT2D eigenvalue weighted by Gasteiger charge is 2.47. The van der Waals surface area contributed by atoms with E-state index in [2.05, 4.69) is 0 Å². The standard InChI is InChI=1S/C34H26N2O6/c1-21-17-26(13-16-29(21)41-20-24-7-4-3-5-8-24)32(38)30-31(25-9-6-10-28(18-25)42-22(2)37)36(34(40)33(30)39)27-14-11-23(19-35)12-15-27/h3-18,31,38H,20H2,1-2H3/b32-30+. The minimum atomic E-state index is -1.04. The highest BCUT2D eigenvalue weighted by atomic mass is 16.5. The number of carbonyl (C=O) groups is 3. The number of nitriles is 1. The number of esters is 1. The first kappa shape index (κ1) is 27.9. The van der Waals surface area contributed by atoms with Gasteiger partial charge in [-0.1, -0.05) is 42.5 Å². The summed E-state index contributed by atoms with van der Waals surface area (Å²) in [5.74, 6) is -1.77. The molecule has 4 aromatic rings. The Hall–Kier alpha value is -5.68. The van der Waals surface area contributed by atoms with Crippen LogP contribution >= 0.6 is 0 Å². The van der Waals surface area contributed by atoms with E-state index in [-0.39, 0.29) is 17.1 Å². The number of benzene rings is 4. The van der Waals surface area contributed by atoms with Crippen LogP contribution in [0.15, 0.2) is 103 Å². The average molecular weight is 559 g/mol. The Labute approximate surface area is 242 Å². The first-order valence-corrected chi connectivity index (χ1v) is 13.1. The average Bonchev–Trinajstić information content (AvgIpc) is 3.26. The number of nitrogens with zero attached hydrogens (tertiary/aromatic N) is 2. The summed E-state index contributed by atoms with van der Waals surface area (Å²) in [4.78, 5) is 39.9. The van der Waals surface area contributed by atoms with E-state index < -0.39 is 23.7 Å². The molecule has 0 aliphatic carbocycles. The van der Waals surface area contributed by atoms with Crippen molar-refractivity contribution in [1.82, 2.24) is 0 Å². The number of anilines is 1. The van der Waals surface area contributed by atoms with Gasteiger partial charge in [-0.25, -0.2) is 0 Å². The third-order valence-electron chi connectivity index (χ3n) is 6.84. The summed E-state index contributed by atoms with van der Waals surface area (Å²) < 4.78 is 11.2. The molecule has 8 heteroatoms. The predicted molar refractivity (Wildman–Crippen MR) is 156 cm³/mol. The van der Waals surface area contributed by atoms with Gasteiger partial charge in [0.05, 0.1) is 23.2 Å². The lowest BCUT2D eigenvalue weighted by atomic mass is 9.94. The Morgan fingerprint density at radius 3 is 2.36 bits per heavy atom. The molecule has 0 bridgehead atoms. The van der Waals surface area contributed by atoms with Crippen molar-refractivity contribution < 1.29 is 29.0 Å². The summed E-state index contributed by atoms with van der Waals surface area (Å²) in [5, 5.41) is 20.8. The maximum absolute atomic E-state index is 13.5. The monoisotopic (exact) mass is 558 g/mol. The SMILES string of the molecule is CC(=O)Oc1cccc(C2/C(=C(\O)c3ccc(OCc4ccccc4)c(C)c3)C(=O)C(=O)N2c2ccc(C#N)cc2)c1. The minimum Gasteiger partial charge on any atom is -0.507 e. The molecule has 0 spiro atoms. The molecule has 0 aromatic heterocycles. The highest BCUT2D eigenvalue weighted by Crippen LogP contribution is 2.43. The lowest BCUT2D eigenvalue weighted by Crippen LogP contribution is -2.29. The van der Waals surface area contributed by atoms with E-state index in [4.69, 9.17) is 9.47 Å². The van der Waals surface area contributed by atoms with Crippen LogP contribution in [0.25, 0.3) is 5.76 Å². The third-order valence-corrected chi connectivity index (χ3v) is 6.84. The molecule has 0 saturated carbocycles. The van der Waals surface area contributed by atoms with Gasteiger partial charge >= 0.3 is 5.97 Å². The highest BCUT2D eigenvalue weighted by molar-refractivity contribution is 6.51. The summed E-state index contributed by atoms with van der Waals surface area (Å²) in [6.45, 7) is 3.46. The summed E-state index contributed by atoms with van der Waals surface area (Å²) in [7, 11) is 0. The Balaban J connectivity index is 1.58. The number of hydrogen-bond acceptors (Lipinski definition) is 7. The third kappa shape index (κ3) is 5.62. The number of aliphatic hydroxyl groups excluding tert-OH is 1. The number of ketones is 1. The van der Waals surface area contributed by atoms with Gasteiger partial charge in [-0.15, -0.1) is 0 Å². The summed E-state index contributed by atoms with van der Waals surface area (Å²) in [6.07, 6.45) is 0. The van der Waals surface area contributed by atoms with E-state index in [1.54, 1.807) is 66.7 Å². The van der Waals surface area contributed by atoms with Crippen LogP contribution in [0.4, 0.5) is 5.69 Å². The largest absolute Gasteiger partial charge is 0.507 e. The zero-order valence-corrected chi connectivity index (χ0v) is 22.9. The molecule has 8 nitrogen and oxygen atoms in total. The van der Waals surface area contributed by atoms with Crippen LogP contribution in [0.1, 0.15) is 40.8 Å². The van der Waals surface area contributed by atoms with Crippen LogP contribution < -0.4 is 14.4 Å². The van der Waals surface area contributed by atoms with E-state index in [1.807, 2.05) is 43.3 Å². The summed E-state index contributed by atoms with van der Waals surface area (Å²) in [5.41, 5.74) is 3.12. The van der Waals surface area contributed by atoms with Crippen LogP contribution in [-0.2, 0) is 21.0 Å². The van der Waals surface area contributed by atoms with E-state index >= 15 is 0 Å². The maximum atomic E-state index is 13.5. The fourth-order valence-corrected chi connectivity index (χ4v) is 4.87. The number of aryl methyl sites for hydroxylation is 1. The van der Waals surface area contributed by atoms with E-state index in [0.717, 1.165) is 11.1 Å². The van der Waals surface area contributed by atoms with Crippen LogP contribution in [0.5, 0.6) is 11.5 Å². The molecule has 1 atom stereocenters. The number of carbonyl (C=O) groups excluding carboxylic acids is 3. The molecule has 1 N–H and O–H groups in total. The molecule has 1 aliphatic rings. The number of ether oxygens (including phenoxy) is 2. The van der Waals surface area contributed by atoms with Gasteiger partial charge < -0.3 is 14.6 Å². The lowest BCUT2D eigenvalue weighted by Gasteiger charge is -2.25. The van der Waals surface area contributed by atoms with E-state index in [9.17, 15) is 24.8 Å². The molecular weight excluding hydrogens is 532 g/mol. The molecular formula is C34H26N2O6. The number of amides is 1. The van der Waals surface area contributed by atoms with E-state index in [1.165, 1.54) is 11.8 Å². The molecule has 208 valence electrons. The molecule has 1 unspecified atom stereocenters. The first-order chi connectivity index (χ1) is 20.3. The number of aliphatic hydroxyl groups is 1. The summed E-state index contributed by atoms with van der Waals surface area (Å²) in [6, 6.07) is 28.4. The van der Waals surface area contributed by atoms with Gasteiger partial charge in [0.1, 0.15) is 23.9 Å². The van der Waals surface area contributed by atoms with Crippen LogP contribution in [0, 0.1) is 18.3 Å². The van der Waals surface area contributed by atoms with Gasteiger partial charge in [0.25, 0.3) is 11.7 Å². The van der Waals surface area contributed by atoms with E-state index in [0.29, 0.717) is 34.7 Å². The second kappa shape index (κ2) is 11.8. The van der Waals surface area contributed by atoms with Gasteiger partial charge in [0.15, 0.2) is 0 Å². The van der Waals surface area contributed by atoms with Gasteiger partial charge in [-0.2, -0.15) is 5.26 Å². The molecule has 1 amide bonds. The van der Waals surface area contributed by atoms with Gasteiger partial charge in [-0.3, -0.25) is 19.3 Å². The smallest absolute Gasteiger partial charge is 0.308 e. The molecule has 1 saturated heterocycles. The van der Waals surface area contributed by atoms with Crippen molar-refractivity contribution in [3.63, 3.8) is 0 Å². The van der Waals surface area contributed by atoms with Gasteiger partial charge in [0.2, 0.25) is 0 Å². The van der Waals surface area contributed by atoms with Gasteiger partial charge in [0, 0.05) is 18.2 Å². The van der Waals surface area contributed by atoms with Crippen LogP contribution in [0.3, 0.4) is 0 Å². The molecule has 4 aromatic carbocycles. The van der Waals surface area contributed by atoms with Gasteiger partial charge in [-0.05, 0) is 78.2 Å². The second-order valence-corrected chi connectivity index (χ2v) is 9.75. The fourth-order valence-electron chi connectivity index (χ4n) is 4.87. The Morgan fingerprint density at radius 2 is 1.69 bits per heavy atom. The predicted octanol–water partition coefficient (Wildman–Crippen LogP) is 6.00. The Bertz CT molecular complexity index is 1750. The topological polar surface area (TPSA) is 117 Å². The molecule has 1 fully saturated rings. The second-order valence-electron chi connectivity index (χ2n) is 9.75. The van der Waals surface area contributed by atoms with Crippen molar-refractivity contribution in [3.05, 3.63) is 130 Å². The van der Waals surface area contributed by atoms with Crippen LogP contribution in [0.2, 0.25) is 0 Å². The number of rotatable bonds is 7. The molecule has 1 heterocycles. The van der Waals surface area contributed by atoms with Crippen molar-refractivity contribution in [2.24, 2.45) is 0 Å². The fraction of sp³-hybridized carbons (Fsp3) is 0.118. The van der Waals surface area contributed by atoms with Crippen molar-refractivity contribution >= 4 is 29.1 Å². The van der Waals surface area contributed by atoms with Crippen molar-refractivity contribution in [3.8, 4) is 17.6 Å². The molecule has 42 heavy (non-hydrogen) atoms. The Morgan fingerprint density at radius 1 is 0.952 bits per heavy atom. The quantitative estimate of drug-likeness (QED) is 0.0972. The van der Waals surface area contributed by atoms with Crippen LogP contribution in [-0.4, -0.2) is 22.8 Å². The van der Waals surface area contributed by atoms with Crippen molar-refractivity contribution in [1.29, 1.82) is 5.26 Å². The zero-order valence-electron chi connectivity index (χ0n) is 22.9. The lowest BCUT2D eigenvalue weighted by molar-refractivity contribution is -0.132. The van der Waals surface area contributed by atoms with Crippen molar-refractivity contribution in [2.75, 3.05) is 4.90 Å². The minimum absolute atomic E-state index is 0.123. The number of Topliss-reactive ketones (excluding diaryl/α,β-unsaturated/α-hetero) is 1. The molecule has 5 rings (SSSR count). The maximum Gasteiger partial charge on any atom is 0.308 e.